The Hall–Kier alpha value is -2.65. The van der Waals surface area contributed by atoms with Crippen molar-refractivity contribution in [2.75, 3.05) is 5.32 Å². The number of benzene rings is 2. The normalized spacial score (nSPS) is 12.1. The molecule has 0 amide bonds. The van der Waals surface area contributed by atoms with Gasteiger partial charge in [0, 0.05) is 10.4 Å². The third kappa shape index (κ3) is 4.38. The lowest BCUT2D eigenvalue weighted by Gasteiger charge is -2.31. The molecule has 2 heterocycles. The summed E-state index contributed by atoms with van der Waals surface area (Å²) in [4.78, 5) is 6.32. The highest BCUT2D eigenvalue weighted by Crippen LogP contribution is 2.37. The molecule has 0 saturated heterocycles. The average Bonchev–Trinajstić information content (AvgIpc) is 3.18. The number of fused-ring (bicyclic) bond motifs is 1. The SMILES string of the molecule is CC(C)c1cccc(C(C)C)c1NC(C)(C)c1cccc(-c2cc3ccccc3s2)n1. The number of aromatic nitrogens is 1. The molecule has 4 rings (SSSR count). The minimum absolute atomic E-state index is 0.304. The zero-order valence-electron chi connectivity index (χ0n) is 19.4. The molecular weight excluding hydrogens is 396 g/mol. The van der Waals surface area contributed by atoms with Gasteiger partial charge in [0.1, 0.15) is 0 Å². The quantitative estimate of drug-likeness (QED) is 0.333. The van der Waals surface area contributed by atoms with E-state index in [1.54, 1.807) is 11.3 Å². The topological polar surface area (TPSA) is 24.9 Å². The summed E-state index contributed by atoms with van der Waals surface area (Å²) < 4.78 is 1.30. The molecule has 0 radical (unpaired) electrons. The van der Waals surface area contributed by atoms with Gasteiger partial charge in [-0.05, 0) is 66.5 Å². The first-order valence-corrected chi connectivity index (χ1v) is 12.0. The molecule has 160 valence electrons. The lowest BCUT2D eigenvalue weighted by molar-refractivity contribution is 0.584. The van der Waals surface area contributed by atoms with Crippen LogP contribution >= 0.6 is 11.3 Å². The summed E-state index contributed by atoms with van der Waals surface area (Å²) in [5, 5.41) is 5.16. The Morgan fingerprint density at radius 3 is 2.10 bits per heavy atom. The summed E-state index contributed by atoms with van der Waals surface area (Å²) in [5.41, 5.74) is 5.76. The molecule has 0 aliphatic rings. The molecule has 0 atom stereocenters. The lowest BCUT2D eigenvalue weighted by atomic mass is 9.90. The summed E-state index contributed by atoms with van der Waals surface area (Å²) in [5.74, 6) is 0.907. The van der Waals surface area contributed by atoms with E-state index in [1.165, 1.54) is 31.8 Å². The predicted molar refractivity (Wildman–Crippen MR) is 136 cm³/mol. The van der Waals surface area contributed by atoms with Crippen LogP contribution < -0.4 is 5.32 Å². The van der Waals surface area contributed by atoms with Crippen LogP contribution in [-0.4, -0.2) is 4.98 Å². The highest BCUT2D eigenvalue weighted by molar-refractivity contribution is 7.22. The van der Waals surface area contributed by atoms with Gasteiger partial charge in [0.25, 0.3) is 0 Å². The summed E-state index contributed by atoms with van der Waals surface area (Å²) in [6, 6.07) is 23.8. The van der Waals surface area contributed by atoms with E-state index in [2.05, 4.69) is 114 Å². The van der Waals surface area contributed by atoms with Gasteiger partial charge in [0.2, 0.25) is 0 Å². The zero-order valence-corrected chi connectivity index (χ0v) is 20.2. The van der Waals surface area contributed by atoms with Crippen molar-refractivity contribution in [3.8, 4) is 10.6 Å². The first-order chi connectivity index (χ1) is 14.8. The van der Waals surface area contributed by atoms with Gasteiger partial charge < -0.3 is 5.32 Å². The van der Waals surface area contributed by atoms with Crippen LogP contribution in [0.1, 0.15) is 70.2 Å². The van der Waals surface area contributed by atoms with E-state index < -0.39 is 0 Å². The van der Waals surface area contributed by atoms with Crippen LogP contribution in [0.3, 0.4) is 0 Å². The van der Waals surface area contributed by atoms with Crippen molar-refractivity contribution in [1.82, 2.24) is 4.98 Å². The Labute approximate surface area is 190 Å². The van der Waals surface area contributed by atoms with Crippen LogP contribution in [0.25, 0.3) is 20.7 Å². The molecule has 0 aliphatic heterocycles. The Morgan fingerprint density at radius 1 is 0.806 bits per heavy atom. The number of para-hydroxylation sites is 1. The van der Waals surface area contributed by atoms with Gasteiger partial charge in [-0.2, -0.15) is 0 Å². The number of pyridine rings is 1. The monoisotopic (exact) mass is 428 g/mol. The number of nitrogens with zero attached hydrogens (tertiary/aromatic N) is 1. The van der Waals surface area contributed by atoms with Crippen LogP contribution in [-0.2, 0) is 5.54 Å². The van der Waals surface area contributed by atoms with E-state index in [4.69, 9.17) is 4.98 Å². The predicted octanol–water partition coefficient (Wildman–Crippen LogP) is 8.56. The molecule has 31 heavy (non-hydrogen) atoms. The first kappa shape index (κ1) is 21.6. The molecule has 2 aromatic carbocycles. The van der Waals surface area contributed by atoms with Crippen molar-refractivity contribution in [3.63, 3.8) is 0 Å². The molecule has 0 unspecified atom stereocenters. The van der Waals surface area contributed by atoms with E-state index >= 15 is 0 Å². The Kier molecular flexibility index (Phi) is 5.90. The van der Waals surface area contributed by atoms with Crippen LogP contribution in [0.2, 0.25) is 0 Å². The van der Waals surface area contributed by atoms with E-state index in [-0.39, 0.29) is 5.54 Å². The smallest absolute Gasteiger partial charge is 0.0806 e. The molecule has 0 bridgehead atoms. The van der Waals surface area contributed by atoms with Crippen molar-refractivity contribution < 1.29 is 0 Å². The molecular formula is C28H32N2S. The number of anilines is 1. The van der Waals surface area contributed by atoms with Crippen molar-refractivity contribution in [1.29, 1.82) is 0 Å². The van der Waals surface area contributed by atoms with Crippen molar-refractivity contribution in [2.45, 2.75) is 58.9 Å². The van der Waals surface area contributed by atoms with Gasteiger partial charge in [-0.15, -0.1) is 11.3 Å². The van der Waals surface area contributed by atoms with Gasteiger partial charge >= 0.3 is 0 Å². The van der Waals surface area contributed by atoms with Gasteiger partial charge in [-0.3, -0.25) is 0 Å². The second-order valence-electron chi connectivity index (χ2n) is 9.43. The number of rotatable bonds is 6. The highest BCUT2D eigenvalue weighted by Gasteiger charge is 2.26. The van der Waals surface area contributed by atoms with Crippen LogP contribution in [0.4, 0.5) is 5.69 Å². The lowest BCUT2D eigenvalue weighted by Crippen LogP contribution is -2.30. The summed E-state index contributed by atoms with van der Waals surface area (Å²) >= 11 is 1.80. The van der Waals surface area contributed by atoms with Crippen molar-refractivity contribution in [3.05, 3.63) is 83.6 Å². The number of thiophene rings is 1. The molecule has 0 saturated carbocycles. The zero-order chi connectivity index (χ0) is 22.2. The average molecular weight is 429 g/mol. The standard InChI is InChI=1S/C28H32N2S/c1-18(2)21-12-9-13-22(19(3)4)27(21)30-28(5,6)26-16-10-14-23(29-26)25-17-20-11-7-8-15-24(20)31-25/h7-19,30H,1-6H3. The fourth-order valence-corrected chi connectivity index (χ4v) is 5.13. The Bertz CT molecular complexity index is 1140. The number of hydrogen-bond donors (Lipinski definition) is 1. The van der Waals surface area contributed by atoms with E-state index in [0.29, 0.717) is 11.8 Å². The van der Waals surface area contributed by atoms with Gasteiger partial charge in [-0.25, -0.2) is 4.98 Å². The minimum atomic E-state index is -0.304. The number of nitrogens with one attached hydrogen (secondary N) is 1. The minimum Gasteiger partial charge on any atom is -0.374 e. The highest BCUT2D eigenvalue weighted by atomic mass is 32.1. The van der Waals surface area contributed by atoms with E-state index in [0.717, 1.165) is 11.4 Å². The third-order valence-electron chi connectivity index (χ3n) is 5.88. The molecule has 2 nitrogen and oxygen atoms in total. The van der Waals surface area contributed by atoms with Crippen molar-refractivity contribution in [2.24, 2.45) is 0 Å². The maximum atomic E-state index is 5.10. The maximum Gasteiger partial charge on any atom is 0.0806 e. The van der Waals surface area contributed by atoms with E-state index in [9.17, 15) is 0 Å². The fourth-order valence-electron chi connectivity index (χ4n) is 4.10. The Morgan fingerprint density at radius 2 is 1.45 bits per heavy atom. The summed E-state index contributed by atoms with van der Waals surface area (Å²) in [7, 11) is 0. The second kappa shape index (κ2) is 8.47. The Balaban J connectivity index is 1.73. The largest absolute Gasteiger partial charge is 0.374 e. The first-order valence-electron chi connectivity index (χ1n) is 11.1. The second-order valence-corrected chi connectivity index (χ2v) is 10.5. The van der Waals surface area contributed by atoms with Crippen LogP contribution in [0.15, 0.2) is 66.7 Å². The molecule has 4 aromatic rings. The molecule has 0 fully saturated rings. The fraction of sp³-hybridized carbons (Fsp3) is 0.321. The molecule has 0 aliphatic carbocycles. The van der Waals surface area contributed by atoms with Crippen LogP contribution in [0, 0.1) is 0 Å². The van der Waals surface area contributed by atoms with E-state index in [1.807, 2.05) is 0 Å². The third-order valence-corrected chi connectivity index (χ3v) is 7.02. The molecule has 0 spiro atoms. The molecule has 1 N–H and O–H groups in total. The van der Waals surface area contributed by atoms with Crippen molar-refractivity contribution >= 4 is 27.1 Å². The van der Waals surface area contributed by atoms with Gasteiger partial charge in [0.15, 0.2) is 0 Å². The molecule has 2 aromatic heterocycles. The van der Waals surface area contributed by atoms with Gasteiger partial charge in [0.05, 0.1) is 21.8 Å². The molecule has 3 heteroatoms. The van der Waals surface area contributed by atoms with Gasteiger partial charge in [-0.1, -0.05) is 70.2 Å². The summed E-state index contributed by atoms with van der Waals surface area (Å²) in [6.45, 7) is 13.5. The van der Waals surface area contributed by atoms with Crippen LogP contribution in [0.5, 0.6) is 0 Å². The number of hydrogen-bond acceptors (Lipinski definition) is 3. The summed E-state index contributed by atoms with van der Waals surface area (Å²) in [6.07, 6.45) is 0. The maximum absolute atomic E-state index is 5.10.